The van der Waals surface area contributed by atoms with Gasteiger partial charge in [-0.05, 0) is 42.9 Å². The molecule has 1 saturated heterocycles. The second kappa shape index (κ2) is 9.46. The lowest BCUT2D eigenvalue weighted by Gasteiger charge is -2.38. The number of rotatable bonds is 4. The van der Waals surface area contributed by atoms with Gasteiger partial charge in [0.25, 0.3) is 5.91 Å². The number of carbonyl (C=O) groups is 1. The summed E-state index contributed by atoms with van der Waals surface area (Å²) in [4.78, 5) is 18.8. The molecule has 0 unspecified atom stereocenters. The van der Waals surface area contributed by atoms with Crippen molar-refractivity contribution >= 4 is 59.0 Å². The summed E-state index contributed by atoms with van der Waals surface area (Å²) in [6, 6.07) is 4.87. The SMILES string of the molecule is CN=C(NCCNC(=O)c1ccc(Cl)c(Cl)c1)N1CCC2(CCC2)C1.I. The lowest BCUT2D eigenvalue weighted by Crippen LogP contribution is -2.44. The van der Waals surface area contributed by atoms with Crippen molar-refractivity contribution in [3.05, 3.63) is 33.8 Å². The molecule has 1 saturated carbocycles. The Kier molecular flexibility index (Phi) is 7.85. The highest BCUT2D eigenvalue weighted by atomic mass is 127. The minimum atomic E-state index is -0.162. The Bertz CT molecular complexity index is 679. The topological polar surface area (TPSA) is 56.7 Å². The van der Waals surface area contributed by atoms with Crippen LogP contribution < -0.4 is 10.6 Å². The summed E-state index contributed by atoms with van der Waals surface area (Å²) in [5, 5.41) is 7.04. The molecule has 1 aliphatic heterocycles. The first-order valence-electron chi connectivity index (χ1n) is 8.72. The highest BCUT2D eigenvalue weighted by Gasteiger charge is 2.43. The highest BCUT2D eigenvalue weighted by molar-refractivity contribution is 14.0. The van der Waals surface area contributed by atoms with Crippen molar-refractivity contribution in [1.82, 2.24) is 15.5 Å². The molecule has 3 rings (SSSR count). The molecule has 0 radical (unpaired) electrons. The first kappa shape index (κ1) is 21.6. The van der Waals surface area contributed by atoms with Crippen molar-refractivity contribution < 1.29 is 4.79 Å². The zero-order chi connectivity index (χ0) is 17.9. The average Bonchev–Trinajstić information content (AvgIpc) is 3.03. The van der Waals surface area contributed by atoms with Crippen LogP contribution in [-0.2, 0) is 0 Å². The standard InChI is InChI=1S/C18H24Cl2N4O.HI/c1-21-17(24-10-7-18(12-24)5-2-6-18)23-9-8-22-16(25)13-3-4-14(19)15(20)11-13;/h3-4,11H,2,5-10,12H2,1H3,(H,21,23)(H,22,25);1H. The van der Waals surface area contributed by atoms with Gasteiger partial charge in [0.1, 0.15) is 0 Å². The van der Waals surface area contributed by atoms with Gasteiger partial charge in [-0.25, -0.2) is 0 Å². The van der Waals surface area contributed by atoms with Crippen molar-refractivity contribution in [2.24, 2.45) is 10.4 Å². The first-order chi connectivity index (χ1) is 12.0. The number of nitrogens with one attached hydrogen (secondary N) is 2. The third-order valence-corrected chi connectivity index (χ3v) is 5.98. The molecule has 0 bridgehead atoms. The van der Waals surface area contributed by atoms with Gasteiger partial charge in [0.15, 0.2) is 5.96 Å². The maximum absolute atomic E-state index is 12.1. The molecule has 2 N–H and O–H groups in total. The molecule has 26 heavy (non-hydrogen) atoms. The minimum Gasteiger partial charge on any atom is -0.354 e. The molecule has 0 atom stereocenters. The van der Waals surface area contributed by atoms with Crippen LogP contribution in [0.15, 0.2) is 23.2 Å². The van der Waals surface area contributed by atoms with Gasteiger partial charge >= 0.3 is 0 Å². The number of guanidine groups is 1. The fourth-order valence-corrected chi connectivity index (χ4v) is 3.92. The van der Waals surface area contributed by atoms with E-state index in [0.717, 1.165) is 19.0 Å². The molecule has 1 heterocycles. The number of hydrogen-bond donors (Lipinski definition) is 2. The van der Waals surface area contributed by atoms with Crippen LogP contribution in [0, 0.1) is 5.41 Å². The normalized spacial score (nSPS) is 18.3. The molecule has 2 aliphatic rings. The molecule has 1 aromatic carbocycles. The van der Waals surface area contributed by atoms with Crippen LogP contribution in [0.25, 0.3) is 0 Å². The molecule has 1 spiro atoms. The van der Waals surface area contributed by atoms with Crippen LogP contribution >= 0.6 is 47.2 Å². The molecule has 144 valence electrons. The van der Waals surface area contributed by atoms with E-state index in [1.807, 2.05) is 7.05 Å². The van der Waals surface area contributed by atoms with Crippen LogP contribution in [0.3, 0.4) is 0 Å². The van der Waals surface area contributed by atoms with Crippen LogP contribution in [0.5, 0.6) is 0 Å². The fourth-order valence-electron chi connectivity index (χ4n) is 3.62. The Hall–Kier alpha value is -0.730. The Balaban J connectivity index is 0.00000243. The quantitative estimate of drug-likeness (QED) is 0.280. The number of amides is 1. The molecular weight excluding hydrogens is 486 g/mol. The monoisotopic (exact) mass is 510 g/mol. The van der Waals surface area contributed by atoms with Gasteiger partial charge in [-0.15, -0.1) is 24.0 Å². The lowest BCUT2D eigenvalue weighted by molar-refractivity contribution is 0.0954. The van der Waals surface area contributed by atoms with E-state index in [9.17, 15) is 4.79 Å². The predicted octanol–water partition coefficient (Wildman–Crippen LogP) is 3.79. The fraction of sp³-hybridized carbons (Fsp3) is 0.556. The van der Waals surface area contributed by atoms with E-state index >= 15 is 0 Å². The third kappa shape index (κ3) is 4.95. The van der Waals surface area contributed by atoms with Crippen LogP contribution in [-0.4, -0.2) is 50.0 Å². The Morgan fingerprint density at radius 2 is 1.92 bits per heavy atom. The second-order valence-electron chi connectivity index (χ2n) is 6.88. The zero-order valence-electron chi connectivity index (χ0n) is 14.9. The average molecular weight is 511 g/mol. The summed E-state index contributed by atoms with van der Waals surface area (Å²) in [6.07, 6.45) is 5.32. The number of halogens is 3. The molecule has 1 aromatic rings. The van der Waals surface area contributed by atoms with Gasteiger partial charge in [0.2, 0.25) is 0 Å². The number of benzene rings is 1. The van der Waals surface area contributed by atoms with Crippen LogP contribution in [0.1, 0.15) is 36.0 Å². The van der Waals surface area contributed by atoms with Gasteiger partial charge in [0, 0.05) is 38.8 Å². The number of carbonyl (C=O) groups excluding carboxylic acids is 1. The predicted molar refractivity (Wildman–Crippen MR) is 118 cm³/mol. The second-order valence-corrected chi connectivity index (χ2v) is 7.70. The van der Waals surface area contributed by atoms with E-state index in [1.165, 1.54) is 25.7 Å². The first-order valence-corrected chi connectivity index (χ1v) is 9.47. The molecule has 2 fully saturated rings. The zero-order valence-corrected chi connectivity index (χ0v) is 18.7. The van der Waals surface area contributed by atoms with E-state index < -0.39 is 0 Å². The van der Waals surface area contributed by atoms with Crippen molar-refractivity contribution in [1.29, 1.82) is 0 Å². The summed E-state index contributed by atoms with van der Waals surface area (Å²) < 4.78 is 0. The van der Waals surface area contributed by atoms with Gasteiger partial charge in [-0.1, -0.05) is 29.6 Å². The number of likely N-dealkylation sites (tertiary alicyclic amines) is 1. The van der Waals surface area contributed by atoms with Crippen molar-refractivity contribution in [3.8, 4) is 0 Å². The summed E-state index contributed by atoms with van der Waals surface area (Å²) in [6.45, 7) is 3.30. The van der Waals surface area contributed by atoms with E-state index in [4.69, 9.17) is 23.2 Å². The maximum Gasteiger partial charge on any atom is 0.251 e. The summed E-state index contributed by atoms with van der Waals surface area (Å²) >= 11 is 11.8. The van der Waals surface area contributed by atoms with Gasteiger partial charge in [-0.2, -0.15) is 0 Å². The maximum atomic E-state index is 12.1. The Labute approximate surface area is 181 Å². The van der Waals surface area contributed by atoms with Crippen molar-refractivity contribution in [2.45, 2.75) is 25.7 Å². The van der Waals surface area contributed by atoms with E-state index in [1.54, 1.807) is 18.2 Å². The Morgan fingerprint density at radius 1 is 1.19 bits per heavy atom. The van der Waals surface area contributed by atoms with Crippen LogP contribution in [0.2, 0.25) is 10.0 Å². The molecule has 8 heteroatoms. The van der Waals surface area contributed by atoms with E-state index in [0.29, 0.717) is 34.1 Å². The molecule has 1 aliphatic carbocycles. The largest absolute Gasteiger partial charge is 0.354 e. The summed E-state index contributed by atoms with van der Waals surface area (Å²) in [5.74, 6) is 0.762. The van der Waals surface area contributed by atoms with Gasteiger partial charge < -0.3 is 15.5 Å². The number of nitrogens with zero attached hydrogens (tertiary/aromatic N) is 2. The number of aliphatic imine (C=N–C) groups is 1. The third-order valence-electron chi connectivity index (χ3n) is 5.24. The van der Waals surface area contributed by atoms with Gasteiger partial charge in [0.05, 0.1) is 10.0 Å². The lowest BCUT2D eigenvalue weighted by atomic mass is 9.68. The highest BCUT2D eigenvalue weighted by Crippen LogP contribution is 2.47. The molecular formula is C18H25Cl2IN4O. The number of hydrogen-bond acceptors (Lipinski definition) is 2. The smallest absolute Gasteiger partial charge is 0.251 e. The molecule has 1 amide bonds. The molecule has 5 nitrogen and oxygen atoms in total. The van der Waals surface area contributed by atoms with E-state index in [2.05, 4.69) is 20.5 Å². The van der Waals surface area contributed by atoms with E-state index in [-0.39, 0.29) is 29.9 Å². The summed E-state index contributed by atoms with van der Waals surface area (Å²) in [7, 11) is 1.81. The minimum absolute atomic E-state index is 0. The Morgan fingerprint density at radius 3 is 2.50 bits per heavy atom. The molecule has 0 aromatic heterocycles. The van der Waals surface area contributed by atoms with Crippen LogP contribution in [0.4, 0.5) is 0 Å². The van der Waals surface area contributed by atoms with Gasteiger partial charge in [-0.3, -0.25) is 9.79 Å². The van der Waals surface area contributed by atoms with Crippen molar-refractivity contribution in [3.63, 3.8) is 0 Å². The van der Waals surface area contributed by atoms with Crippen molar-refractivity contribution in [2.75, 3.05) is 33.2 Å². The summed E-state index contributed by atoms with van der Waals surface area (Å²) in [5.41, 5.74) is 1.05.